The molecular formula is C10H21ClN2O. The molecule has 0 aromatic rings. The van der Waals surface area contributed by atoms with Gasteiger partial charge in [-0.3, -0.25) is 4.79 Å². The first-order chi connectivity index (χ1) is 5.91. The van der Waals surface area contributed by atoms with Gasteiger partial charge in [-0.05, 0) is 12.8 Å². The molecule has 0 saturated carbocycles. The van der Waals surface area contributed by atoms with E-state index in [0.29, 0.717) is 6.04 Å². The van der Waals surface area contributed by atoms with Gasteiger partial charge >= 0.3 is 0 Å². The summed E-state index contributed by atoms with van der Waals surface area (Å²) in [6, 6.07) is 0.295. The topological polar surface area (TPSA) is 46.3 Å². The first-order valence-corrected chi connectivity index (χ1v) is 4.96. The lowest BCUT2D eigenvalue weighted by Crippen LogP contribution is -2.46. The molecule has 2 N–H and O–H groups in total. The van der Waals surface area contributed by atoms with Crippen LogP contribution in [-0.4, -0.2) is 29.9 Å². The van der Waals surface area contributed by atoms with E-state index >= 15 is 0 Å². The number of likely N-dealkylation sites (tertiary alicyclic amines) is 1. The van der Waals surface area contributed by atoms with Crippen molar-refractivity contribution in [2.24, 2.45) is 11.1 Å². The molecular weight excluding hydrogens is 200 g/mol. The average molecular weight is 221 g/mol. The highest BCUT2D eigenvalue weighted by atomic mass is 35.5. The summed E-state index contributed by atoms with van der Waals surface area (Å²) in [5.41, 5.74) is 5.52. The average Bonchev–Trinajstić information content (AvgIpc) is 2.03. The van der Waals surface area contributed by atoms with Crippen molar-refractivity contribution in [2.45, 2.75) is 39.7 Å². The van der Waals surface area contributed by atoms with Gasteiger partial charge in [0.15, 0.2) is 0 Å². The Morgan fingerprint density at radius 1 is 1.29 bits per heavy atom. The van der Waals surface area contributed by atoms with Crippen LogP contribution in [0.3, 0.4) is 0 Å². The highest BCUT2D eigenvalue weighted by molar-refractivity contribution is 5.85. The second-order valence-electron chi connectivity index (χ2n) is 4.88. The minimum absolute atomic E-state index is 0. The van der Waals surface area contributed by atoms with Gasteiger partial charge in [-0.1, -0.05) is 20.8 Å². The smallest absolute Gasteiger partial charge is 0.227 e. The van der Waals surface area contributed by atoms with Gasteiger partial charge in [-0.25, -0.2) is 0 Å². The van der Waals surface area contributed by atoms with Crippen LogP contribution >= 0.6 is 12.4 Å². The predicted octanol–water partition coefficient (Wildman–Crippen LogP) is 1.40. The summed E-state index contributed by atoms with van der Waals surface area (Å²) in [7, 11) is 0. The molecule has 0 radical (unpaired) electrons. The fourth-order valence-electron chi connectivity index (χ4n) is 1.58. The van der Waals surface area contributed by atoms with Gasteiger partial charge in [0.2, 0.25) is 5.91 Å². The Kier molecular flexibility index (Phi) is 4.89. The molecule has 4 heteroatoms. The lowest BCUT2D eigenvalue weighted by molar-refractivity contribution is -0.140. The third kappa shape index (κ3) is 3.46. The number of amides is 1. The van der Waals surface area contributed by atoms with E-state index in [1.54, 1.807) is 0 Å². The van der Waals surface area contributed by atoms with Crippen molar-refractivity contribution < 1.29 is 4.79 Å². The van der Waals surface area contributed by atoms with Gasteiger partial charge in [-0.15, -0.1) is 12.4 Å². The van der Waals surface area contributed by atoms with E-state index in [1.165, 1.54) is 0 Å². The quantitative estimate of drug-likeness (QED) is 0.671. The monoisotopic (exact) mass is 220 g/mol. The lowest BCUT2D eigenvalue weighted by Gasteiger charge is -2.34. The lowest BCUT2D eigenvalue weighted by atomic mass is 9.93. The van der Waals surface area contributed by atoms with E-state index in [9.17, 15) is 4.79 Å². The maximum absolute atomic E-state index is 11.8. The maximum atomic E-state index is 11.8. The van der Waals surface area contributed by atoms with Crippen molar-refractivity contribution in [3.8, 4) is 0 Å². The van der Waals surface area contributed by atoms with E-state index in [-0.39, 0.29) is 23.7 Å². The van der Waals surface area contributed by atoms with Crippen LogP contribution in [0, 0.1) is 5.41 Å². The molecule has 1 rings (SSSR count). The Morgan fingerprint density at radius 3 is 2.07 bits per heavy atom. The van der Waals surface area contributed by atoms with Crippen LogP contribution in [0.5, 0.6) is 0 Å². The standard InChI is InChI=1S/C10H20N2O.ClH/c1-10(2,3)9(13)12-6-4-8(11)5-7-12;/h8H,4-7,11H2,1-3H3;1H. The number of carbonyl (C=O) groups is 1. The summed E-state index contributed by atoms with van der Waals surface area (Å²) < 4.78 is 0. The maximum Gasteiger partial charge on any atom is 0.227 e. The number of nitrogens with two attached hydrogens (primary N) is 1. The summed E-state index contributed by atoms with van der Waals surface area (Å²) in [6.07, 6.45) is 1.89. The van der Waals surface area contributed by atoms with E-state index in [0.717, 1.165) is 25.9 Å². The van der Waals surface area contributed by atoms with E-state index < -0.39 is 0 Å². The highest BCUT2D eigenvalue weighted by Gasteiger charge is 2.29. The second-order valence-corrected chi connectivity index (χ2v) is 4.88. The molecule has 0 atom stereocenters. The second kappa shape index (κ2) is 4.99. The van der Waals surface area contributed by atoms with Crippen LogP contribution in [0.15, 0.2) is 0 Å². The molecule has 3 nitrogen and oxygen atoms in total. The Bertz CT molecular complexity index is 193. The molecule has 0 aliphatic carbocycles. The Hall–Kier alpha value is -0.280. The van der Waals surface area contributed by atoms with Gasteiger partial charge in [-0.2, -0.15) is 0 Å². The van der Waals surface area contributed by atoms with E-state index in [2.05, 4.69) is 0 Å². The van der Waals surface area contributed by atoms with Crippen LogP contribution in [0.25, 0.3) is 0 Å². The minimum atomic E-state index is -0.249. The number of carbonyl (C=O) groups excluding carboxylic acids is 1. The molecule has 1 amide bonds. The summed E-state index contributed by atoms with van der Waals surface area (Å²) in [5.74, 6) is 0.249. The number of nitrogens with zero attached hydrogens (tertiary/aromatic N) is 1. The van der Waals surface area contributed by atoms with Crippen LogP contribution in [0.1, 0.15) is 33.6 Å². The third-order valence-electron chi connectivity index (χ3n) is 2.47. The largest absolute Gasteiger partial charge is 0.342 e. The van der Waals surface area contributed by atoms with Crippen LogP contribution in [-0.2, 0) is 4.79 Å². The van der Waals surface area contributed by atoms with Crippen LogP contribution < -0.4 is 5.73 Å². The highest BCUT2D eigenvalue weighted by Crippen LogP contribution is 2.20. The number of piperidine rings is 1. The number of halogens is 1. The zero-order chi connectivity index (χ0) is 10.1. The molecule has 0 spiro atoms. The Balaban J connectivity index is 0.00000169. The summed E-state index contributed by atoms with van der Waals surface area (Å²) >= 11 is 0. The van der Waals surface area contributed by atoms with Gasteiger partial charge in [0.25, 0.3) is 0 Å². The number of hydrogen-bond acceptors (Lipinski definition) is 2. The van der Waals surface area contributed by atoms with Gasteiger partial charge in [0.05, 0.1) is 0 Å². The molecule has 1 aliphatic rings. The van der Waals surface area contributed by atoms with Crippen molar-refractivity contribution in [1.29, 1.82) is 0 Å². The molecule has 0 aromatic carbocycles. The van der Waals surface area contributed by atoms with Gasteiger partial charge in [0.1, 0.15) is 0 Å². The number of hydrogen-bond donors (Lipinski definition) is 1. The summed E-state index contributed by atoms with van der Waals surface area (Å²) in [6.45, 7) is 7.55. The van der Waals surface area contributed by atoms with Crippen molar-refractivity contribution in [3.63, 3.8) is 0 Å². The molecule has 0 aromatic heterocycles. The fraction of sp³-hybridized carbons (Fsp3) is 0.900. The van der Waals surface area contributed by atoms with E-state index in [4.69, 9.17) is 5.73 Å². The summed E-state index contributed by atoms with van der Waals surface area (Å²) in [4.78, 5) is 13.7. The van der Waals surface area contributed by atoms with Crippen LogP contribution in [0.2, 0.25) is 0 Å². The SMILES string of the molecule is CC(C)(C)C(=O)N1CCC(N)CC1.Cl. The molecule has 1 heterocycles. The predicted molar refractivity (Wildman–Crippen MR) is 60.5 cm³/mol. The van der Waals surface area contributed by atoms with Gasteiger partial charge in [0, 0.05) is 24.5 Å². The van der Waals surface area contributed by atoms with Crippen molar-refractivity contribution in [1.82, 2.24) is 4.90 Å². The Morgan fingerprint density at radius 2 is 1.71 bits per heavy atom. The third-order valence-corrected chi connectivity index (χ3v) is 2.47. The molecule has 84 valence electrons. The molecule has 14 heavy (non-hydrogen) atoms. The summed E-state index contributed by atoms with van der Waals surface area (Å²) in [5, 5.41) is 0. The molecule has 1 aliphatic heterocycles. The zero-order valence-corrected chi connectivity index (χ0v) is 10.1. The number of rotatable bonds is 0. The Labute approximate surface area is 92.4 Å². The molecule has 1 saturated heterocycles. The van der Waals surface area contributed by atoms with E-state index in [1.807, 2.05) is 25.7 Å². The zero-order valence-electron chi connectivity index (χ0n) is 9.25. The molecule has 0 unspecified atom stereocenters. The fourth-order valence-corrected chi connectivity index (χ4v) is 1.58. The first kappa shape index (κ1) is 13.7. The van der Waals surface area contributed by atoms with Crippen molar-refractivity contribution in [2.75, 3.05) is 13.1 Å². The molecule has 0 bridgehead atoms. The van der Waals surface area contributed by atoms with Crippen molar-refractivity contribution >= 4 is 18.3 Å². The molecule has 1 fully saturated rings. The first-order valence-electron chi connectivity index (χ1n) is 4.96. The van der Waals surface area contributed by atoms with Gasteiger partial charge < -0.3 is 10.6 Å². The minimum Gasteiger partial charge on any atom is -0.342 e. The normalized spacial score (nSPS) is 19.0. The van der Waals surface area contributed by atoms with Crippen LogP contribution in [0.4, 0.5) is 0 Å². The van der Waals surface area contributed by atoms with Crippen molar-refractivity contribution in [3.05, 3.63) is 0 Å².